The van der Waals surface area contributed by atoms with Gasteiger partial charge >= 0.3 is 0 Å². The van der Waals surface area contributed by atoms with Gasteiger partial charge in [-0.2, -0.15) is 0 Å². The first-order valence-electron chi connectivity index (χ1n) is 5.11. The zero-order chi connectivity index (χ0) is 12.2. The molecule has 0 bridgehead atoms. The van der Waals surface area contributed by atoms with E-state index in [-0.39, 0.29) is 5.24 Å². The maximum absolute atomic E-state index is 10.2. The molecule has 0 heterocycles. The number of hydrogen-bond donors (Lipinski definition) is 0. The lowest BCUT2D eigenvalue weighted by Gasteiger charge is -1.91. The minimum atomic E-state index is -0.218. The summed E-state index contributed by atoms with van der Waals surface area (Å²) in [6.07, 6.45) is 3.66. The van der Waals surface area contributed by atoms with E-state index in [1.807, 2.05) is 30.3 Å². The summed E-state index contributed by atoms with van der Waals surface area (Å²) < 4.78 is 0. The van der Waals surface area contributed by atoms with Crippen LogP contribution in [0.5, 0.6) is 0 Å². The van der Waals surface area contributed by atoms with Crippen LogP contribution in [0.25, 0.3) is 0 Å². The Labute approximate surface area is 115 Å². The van der Waals surface area contributed by atoms with E-state index in [2.05, 4.69) is 15.9 Å². The summed E-state index contributed by atoms with van der Waals surface area (Å²) in [6, 6.07) is 9.44. The molecule has 0 spiro atoms. The molecule has 0 fully saturated rings. The van der Waals surface area contributed by atoms with E-state index in [4.69, 9.17) is 23.2 Å². The number of rotatable bonds is 5. The van der Waals surface area contributed by atoms with Crippen molar-refractivity contribution in [2.75, 3.05) is 5.33 Å². The third kappa shape index (κ3) is 12.0. The van der Waals surface area contributed by atoms with Crippen molar-refractivity contribution in [3.63, 3.8) is 0 Å². The number of halogens is 3. The van der Waals surface area contributed by atoms with Gasteiger partial charge in [0, 0.05) is 16.8 Å². The quantitative estimate of drug-likeness (QED) is 0.420. The molecule has 1 rings (SSSR count). The molecule has 0 aliphatic heterocycles. The van der Waals surface area contributed by atoms with Gasteiger partial charge in [0.25, 0.3) is 0 Å². The van der Waals surface area contributed by atoms with Crippen LogP contribution in [0.15, 0.2) is 30.3 Å². The SMILES string of the molecule is Clc1ccccc1.O=C(Cl)CCCCCBr. The zero-order valence-corrected chi connectivity index (χ0v) is 12.1. The molecule has 0 unspecified atom stereocenters. The van der Waals surface area contributed by atoms with Crippen LogP contribution in [0.1, 0.15) is 25.7 Å². The van der Waals surface area contributed by atoms with E-state index in [9.17, 15) is 4.79 Å². The van der Waals surface area contributed by atoms with Crippen LogP contribution in [0.2, 0.25) is 5.02 Å². The number of carbonyl (C=O) groups is 1. The lowest BCUT2D eigenvalue weighted by atomic mass is 10.2. The molecule has 0 aromatic heterocycles. The van der Waals surface area contributed by atoms with E-state index in [0.29, 0.717) is 6.42 Å². The molecular formula is C12H15BrCl2O. The molecule has 16 heavy (non-hydrogen) atoms. The highest BCUT2D eigenvalue weighted by molar-refractivity contribution is 9.09. The molecule has 1 aromatic rings. The maximum Gasteiger partial charge on any atom is 0.221 e. The molecule has 0 N–H and O–H groups in total. The van der Waals surface area contributed by atoms with Gasteiger partial charge in [0.1, 0.15) is 0 Å². The summed E-state index contributed by atoms with van der Waals surface area (Å²) in [7, 11) is 0. The molecule has 0 radical (unpaired) electrons. The summed E-state index contributed by atoms with van der Waals surface area (Å²) in [6.45, 7) is 0. The van der Waals surface area contributed by atoms with Crippen molar-refractivity contribution in [2.45, 2.75) is 25.7 Å². The summed E-state index contributed by atoms with van der Waals surface area (Å²) >= 11 is 13.9. The predicted molar refractivity (Wildman–Crippen MR) is 74.6 cm³/mol. The second kappa shape index (κ2) is 11.4. The Hall–Kier alpha value is -0.0500. The van der Waals surface area contributed by atoms with Crippen LogP contribution in [0, 0.1) is 0 Å². The molecule has 0 aliphatic carbocycles. The Kier molecular flexibility index (Phi) is 11.4. The van der Waals surface area contributed by atoms with E-state index in [0.717, 1.165) is 29.6 Å². The highest BCUT2D eigenvalue weighted by Gasteiger charge is 1.93. The Morgan fingerprint density at radius 2 is 1.75 bits per heavy atom. The molecule has 0 amide bonds. The molecule has 0 aliphatic rings. The molecule has 4 heteroatoms. The van der Waals surface area contributed by atoms with E-state index >= 15 is 0 Å². The van der Waals surface area contributed by atoms with E-state index in [1.54, 1.807) is 0 Å². The Morgan fingerprint density at radius 1 is 1.12 bits per heavy atom. The highest BCUT2D eigenvalue weighted by atomic mass is 79.9. The van der Waals surface area contributed by atoms with Crippen molar-refractivity contribution < 1.29 is 4.79 Å². The first-order valence-corrected chi connectivity index (χ1v) is 6.99. The molecular weight excluding hydrogens is 311 g/mol. The minimum Gasteiger partial charge on any atom is -0.281 e. The molecule has 0 saturated carbocycles. The molecule has 1 nitrogen and oxygen atoms in total. The van der Waals surface area contributed by atoms with Gasteiger partial charge in [-0.05, 0) is 36.6 Å². The average Bonchev–Trinajstić information content (AvgIpc) is 2.26. The number of carbonyl (C=O) groups excluding carboxylic acids is 1. The van der Waals surface area contributed by atoms with Gasteiger partial charge in [0.15, 0.2) is 0 Å². The second-order valence-corrected chi connectivity index (χ2v) is 4.80. The number of benzene rings is 1. The van der Waals surface area contributed by atoms with Crippen molar-refractivity contribution in [2.24, 2.45) is 0 Å². The fourth-order valence-corrected chi connectivity index (χ4v) is 1.63. The van der Waals surface area contributed by atoms with Gasteiger partial charge in [-0.15, -0.1) is 0 Å². The van der Waals surface area contributed by atoms with Crippen molar-refractivity contribution in [3.8, 4) is 0 Å². The molecule has 0 saturated heterocycles. The van der Waals surface area contributed by atoms with Gasteiger partial charge in [0.2, 0.25) is 5.24 Å². The second-order valence-electron chi connectivity index (χ2n) is 3.15. The van der Waals surface area contributed by atoms with Crippen LogP contribution < -0.4 is 0 Å². The lowest BCUT2D eigenvalue weighted by Crippen LogP contribution is -1.85. The zero-order valence-electron chi connectivity index (χ0n) is 8.96. The van der Waals surface area contributed by atoms with Gasteiger partial charge in [-0.25, -0.2) is 0 Å². The normalized spacial score (nSPS) is 9.19. The Morgan fingerprint density at radius 3 is 2.12 bits per heavy atom. The Balaban J connectivity index is 0.000000288. The van der Waals surface area contributed by atoms with Crippen molar-refractivity contribution >= 4 is 44.4 Å². The van der Waals surface area contributed by atoms with Crippen LogP contribution in [0.3, 0.4) is 0 Å². The summed E-state index contributed by atoms with van der Waals surface area (Å²) in [5.41, 5.74) is 0. The number of hydrogen-bond acceptors (Lipinski definition) is 1. The minimum absolute atomic E-state index is 0.218. The monoisotopic (exact) mass is 324 g/mol. The standard InChI is InChI=1S/C6H10BrClO.C6H5Cl/c7-5-3-1-2-4-6(8)9;7-6-4-2-1-3-5-6/h1-5H2;1-5H. The van der Waals surface area contributed by atoms with Crippen LogP contribution in [0.4, 0.5) is 0 Å². The first-order chi connectivity index (χ1) is 7.66. The first kappa shape index (κ1) is 16.0. The topological polar surface area (TPSA) is 17.1 Å². The maximum atomic E-state index is 10.2. The lowest BCUT2D eigenvalue weighted by molar-refractivity contribution is -0.111. The fraction of sp³-hybridized carbons (Fsp3) is 0.417. The fourth-order valence-electron chi connectivity index (χ4n) is 0.950. The smallest absolute Gasteiger partial charge is 0.221 e. The van der Waals surface area contributed by atoms with Gasteiger partial charge in [0.05, 0.1) is 0 Å². The number of unbranched alkanes of at least 4 members (excludes halogenated alkanes) is 2. The highest BCUT2D eigenvalue weighted by Crippen LogP contribution is 2.04. The number of alkyl halides is 1. The summed E-state index contributed by atoms with van der Waals surface area (Å²) in [4.78, 5) is 10.2. The van der Waals surface area contributed by atoms with Gasteiger partial charge < -0.3 is 0 Å². The van der Waals surface area contributed by atoms with Crippen molar-refractivity contribution in [1.29, 1.82) is 0 Å². The molecule has 0 atom stereocenters. The molecule has 90 valence electrons. The van der Waals surface area contributed by atoms with E-state index in [1.165, 1.54) is 0 Å². The van der Waals surface area contributed by atoms with Gasteiger partial charge in [-0.1, -0.05) is 52.2 Å². The van der Waals surface area contributed by atoms with Crippen molar-refractivity contribution in [3.05, 3.63) is 35.4 Å². The van der Waals surface area contributed by atoms with Crippen LogP contribution >= 0.6 is 39.1 Å². The summed E-state index contributed by atoms with van der Waals surface area (Å²) in [5, 5.41) is 1.59. The Bertz CT molecular complexity index is 278. The average molecular weight is 326 g/mol. The van der Waals surface area contributed by atoms with Crippen molar-refractivity contribution in [1.82, 2.24) is 0 Å². The van der Waals surface area contributed by atoms with Crippen LogP contribution in [-0.2, 0) is 4.79 Å². The third-order valence-electron chi connectivity index (χ3n) is 1.74. The predicted octanol–water partition coefficient (Wildman–Crippen LogP) is 5.05. The van der Waals surface area contributed by atoms with Gasteiger partial charge in [-0.3, -0.25) is 4.79 Å². The summed E-state index contributed by atoms with van der Waals surface area (Å²) in [5.74, 6) is 0. The third-order valence-corrected chi connectivity index (χ3v) is 2.74. The molecule has 1 aromatic carbocycles. The van der Waals surface area contributed by atoms with E-state index < -0.39 is 0 Å². The van der Waals surface area contributed by atoms with Crippen LogP contribution in [-0.4, -0.2) is 10.6 Å². The largest absolute Gasteiger partial charge is 0.281 e.